The quantitative estimate of drug-likeness (QED) is 0.757. The fourth-order valence-corrected chi connectivity index (χ4v) is 4.69. The molecule has 2 fully saturated rings. The molecule has 4 nitrogen and oxygen atoms in total. The number of hydrogen-bond donors (Lipinski definition) is 1. The van der Waals surface area contributed by atoms with Gasteiger partial charge in [-0.15, -0.1) is 0 Å². The maximum absolute atomic E-state index is 13.0. The van der Waals surface area contributed by atoms with E-state index in [-0.39, 0.29) is 11.7 Å². The Kier molecular flexibility index (Phi) is 7.00. The number of benzene rings is 2. The van der Waals surface area contributed by atoms with Crippen LogP contribution in [0.2, 0.25) is 0 Å². The van der Waals surface area contributed by atoms with Gasteiger partial charge < -0.3 is 10.2 Å². The van der Waals surface area contributed by atoms with Gasteiger partial charge >= 0.3 is 0 Å². The maximum Gasteiger partial charge on any atom is 0.234 e. The van der Waals surface area contributed by atoms with Crippen LogP contribution in [0.4, 0.5) is 10.1 Å². The third-order valence-corrected chi connectivity index (χ3v) is 6.51. The SMILES string of the molecule is O=C(CN1CCC(Cc2ccc(F)cc2)CC1)NCC1CCN(c2ccccc2)C1. The van der Waals surface area contributed by atoms with Crippen molar-refractivity contribution in [2.24, 2.45) is 11.8 Å². The van der Waals surface area contributed by atoms with E-state index in [2.05, 4.69) is 39.4 Å². The summed E-state index contributed by atoms with van der Waals surface area (Å²) in [6.07, 6.45) is 4.32. The number of amides is 1. The second-order valence-electron chi connectivity index (χ2n) is 8.79. The molecule has 0 spiro atoms. The molecule has 160 valence electrons. The molecule has 0 radical (unpaired) electrons. The Labute approximate surface area is 179 Å². The number of anilines is 1. The van der Waals surface area contributed by atoms with E-state index in [1.54, 1.807) is 0 Å². The molecule has 1 atom stereocenters. The summed E-state index contributed by atoms with van der Waals surface area (Å²) in [5.41, 5.74) is 2.48. The molecular formula is C25H32FN3O. The van der Waals surface area contributed by atoms with Crippen LogP contribution in [0, 0.1) is 17.7 Å². The number of carbonyl (C=O) groups is 1. The van der Waals surface area contributed by atoms with Crippen LogP contribution in [0.15, 0.2) is 54.6 Å². The molecule has 2 aromatic carbocycles. The zero-order valence-electron chi connectivity index (χ0n) is 17.6. The molecular weight excluding hydrogens is 377 g/mol. The molecule has 0 aromatic heterocycles. The van der Waals surface area contributed by atoms with Crippen LogP contribution in [-0.4, -0.2) is 50.1 Å². The number of carbonyl (C=O) groups excluding carboxylic acids is 1. The van der Waals surface area contributed by atoms with Crippen molar-refractivity contribution in [3.05, 3.63) is 66.0 Å². The second-order valence-corrected chi connectivity index (χ2v) is 8.79. The molecule has 5 heteroatoms. The Morgan fingerprint density at radius 2 is 1.63 bits per heavy atom. The number of hydrogen-bond acceptors (Lipinski definition) is 3. The first kappa shape index (κ1) is 20.9. The van der Waals surface area contributed by atoms with Crippen LogP contribution in [-0.2, 0) is 11.2 Å². The molecule has 2 heterocycles. The molecule has 1 N–H and O–H groups in total. The largest absolute Gasteiger partial charge is 0.371 e. The van der Waals surface area contributed by atoms with E-state index in [4.69, 9.17) is 0 Å². The van der Waals surface area contributed by atoms with Crippen molar-refractivity contribution in [2.75, 3.05) is 44.2 Å². The summed E-state index contributed by atoms with van der Waals surface area (Å²) in [6, 6.07) is 17.4. The maximum atomic E-state index is 13.0. The number of nitrogens with one attached hydrogen (secondary N) is 1. The molecule has 0 saturated carbocycles. The minimum atomic E-state index is -0.176. The molecule has 1 amide bonds. The molecule has 30 heavy (non-hydrogen) atoms. The van der Waals surface area contributed by atoms with Gasteiger partial charge in [-0.3, -0.25) is 9.69 Å². The molecule has 2 aliphatic heterocycles. The third kappa shape index (κ3) is 5.82. The lowest BCUT2D eigenvalue weighted by Crippen LogP contribution is -2.43. The molecule has 2 aliphatic rings. The number of nitrogens with zero attached hydrogens (tertiary/aromatic N) is 2. The molecule has 2 aromatic rings. The minimum absolute atomic E-state index is 0.144. The van der Waals surface area contributed by atoms with Crippen molar-refractivity contribution in [1.82, 2.24) is 10.2 Å². The number of halogens is 1. The van der Waals surface area contributed by atoms with Gasteiger partial charge in [0, 0.05) is 25.3 Å². The highest BCUT2D eigenvalue weighted by Gasteiger charge is 2.24. The fraction of sp³-hybridized carbons (Fsp3) is 0.480. The normalized spacial score (nSPS) is 20.4. The molecule has 2 saturated heterocycles. The highest BCUT2D eigenvalue weighted by molar-refractivity contribution is 5.78. The molecule has 0 aliphatic carbocycles. The van der Waals surface area contributed by atoms with Crippen LogP contribution in [0.3, 0.4) is 0 Å². The van der Waals surface area contributed by atoms with Gasteiger partial charge in [0.05, 0.1) is 6.54 Å². The first-order valence-electron chi connectivity index (χ1n) is 11.2. The zero-order chi connectivity index (χ0) is 20.8. The monoisotopic (exact) mass is 409 g/mol. The van der Waals surface area contributed by atoms with E-state index < -0.39 is 0 Å². The first-order valence-corrected chi connectivity index (χ1v) is 11.2. The number of likely N-dealkylation sites (tertiary alicyclic amines) is 1. The highest BCUT2D eigenvalue weighted by atomic mass is 19.1. The van der Waals surface area contributed by atoms with E-state index >= 15 is 0 Å². The lowest BCUT2D eigenvalue weighted by atomic mass is 9.90. The van der Waals surface area contributed by atoms with E-state index in [1.165, 1.54) is 23.4 Å². The van der Waals surface area contributed by atoms with Crippen LogP contribution in [0.5, 0.6) is 0 Å². The topological polar surface area (TPSA) is 35.6 Å². The second kappa shape index (κ2) is 10.1. The fourth-order valence-electron chi connectivity index (χ4n) is 4.69. The van der Waals surface area contributed by atoms with Crippen molar-refractivity contribution in [3.63, 3.8) is 0 Å². The average molecular weight is 410 g/mol. The Morgan fingerprint density at radius 3 is 2.37 bits per heavy atom. The van der Waals surface area contributed by atoms with E-state index in [9.17, 15) is 9.18 Å². The standard InChI is InChI=1S/C25H32FN3O/c26-23-8-6-20(7-9-23)16-21-10-13-28(14-11-21)19-25(30)27-17-22-12-15-29(18-22)24-4-2-1-3-5-24/h1-9,21-22H,10-19H2,(H,27,30). The summed E-state index contributed by atoms with van der Waals surface area (Å²) in [7, 11) is 0. The van der Waals surface area contributed by atoms with Crippen molar-refractivity contribution in [3.8, 4) is 0 Å². The van der Waals surface area contributed by atoms with Crippen molar-refractivity contribution < 1.29 is 9.18 Å². The van der Waals surface area contributed by atoms with Gasteiger partial charge in [0.15, 0.2) is 0 Å². The summed E-state index contributed by atoms with van der Waals surface area (Å²) in [4.78, 5) is 17.1. The van der Waals surface area contributed by atoms with E-state index in [0.717, 1.165) is 58.4 Å². The van der Waals surface area contributed by atoms with Gasteiger partial charge in [-0.2, -0.15) is 0 Å². The Balaban J connectivity index is 1.13. The lowest BCUT2D eigenvalue weighted by Gasteiger charge is -2.31. The number of piperidine rings is 1. The van der Waals surface area contributed by atoms with E-state index in [0.29, 0.717) is 18.4 Å². The van der Waals surface area contributed by atoms with Crippen LogP contribution < -0.4 is 10.2 Å². The average Bonchev–Trinajstić information content (AvgIpc) is 3.25. The number of para-hydroxylation sites is 1. The summed E-state index contributed by atoms with van der Waals surface area (Å²) >= 11 is 0. The Hall–Kier alpha value is -2.40. The van der Waals surface area contributed by atoms with Gasteiger partial charge in [0.25, 0.3) is 0 Å². The van der Waals surface area contributed by atoms with Crippen LogP contribution in [0.25, 0.3) is 0 Å². The minimum Gasteiger partial charge on any atom is -0.371 e. The Bertz CT molecular complexity index is 803. The van der Waals surface area contributed by atoms with Crippen molar-refractivity contribution in [2.45, 2.75) is 25.7 Å². The Morgan fingerprint density at radius 1 is 0.933 bits per heavy atom. The smallest absolute Gasteiger partial charge is 0.234 e. The van der Waals surface area contributed by atoms with Crippen molar-refractivity contribution >= 4 is 11.6 Å². The molecule has 1 unspecified atom stereocenters. The lowest BCUT2D eigenvalue weighted by molar-refractivity contribution is -0.122. The predicted octanol–water partition coefficient (Wildman–Crippen LogP) is 3.72. The van der Waals surface area contributed by atoms with Gasteiger partial charge in [0.1, 0.15) is 5.82 Å². The zero-order valence-corrected chi connectivity index (χ0v) is 17.6. The van der Waals surface area contributed by atoms with Gasteiger partial charge in [0.2, 0.25) is 5.91 Å². The number of rotatable bonds is 7. The molecule has 0 bridgehead atoms. The van der Waals surface area contributed by atoms with Crippen LogP contribution in [0.1, 0.15) is 24.8 Å². The third-order valence-electron chi connectivity index (χ3n) is 6.51. The van der Waals surface area contributed by atoms with E-state index in [1.807, 2.05) is 18.2 Å². The van der Waals surface area contributed by atoms with Crippen LogP contribution >= 0.6 is 0 Å². The van der Waals surface area contributed by atoms with Crippen molar-refractivity contribution in [1.29, 1.82) is 0 Å². The van der Waals surface area contributed by atoms with Gasteiger partial charge in [-0.05, 0) is 80.4 Å². The summed E-state index contributed by atoms with van der Waals surface area (Å²) in [5, 5.41) is 3.16. The predicted molar refractivity (Wildman–Crippen MR) is 119 cm³/mol. The summed E-state index contributed by atoms with van der Waals surface area (Å²) in [6.45, 7) is 5.27. The summed E-state index contributed by atoms with van der Waals surface area (Å²) in [5.74, 6) is 1.11. The summed E-state index contributed by atoms with van der Waals surface area (Å²) < 4.78 is 13.0. The molecule has 4 rings (SSSR count). The highest BCUT2D eigenvalue weighted by Crippen LogP contribution is 2.23. The first-order chi connectivity index (χ1) is 14.7. The van der Waals surface area contributed by atoms with Gasteiger partial charge in [-0.1, -0.05) is 30.3 Å². The van der Waals surface area contributed by atoms with Gasteiger partial charge in [-0.25, -0.2) is 4.39 Å².